The largest absolute Gasteiger partial charge is 0.508 e. The van der Waals surface area contributed by atoms with Crippen molar-refractivity contribution in [1.29, 1.82) is 0 Å². The molecule has 2 fully saturated rings. The molecule has 2 aliphatic rings. The Balaban J connectivity index is 1.35. The number of phenols is 1. The van der Waals surface area contributed by atoms with Gasteiger partial charge in [0, 0.05) is 12.0 Å². The monoisotopic (exact) mass is 327 g/mol. The molecule has 0 bridgehead atoms. The molecule has 1 aliphatic carbocycles. The Labute approximate surface area is 142 Å². The average Bonchev–Trinajstić information content (AvgIpc) is 3.35. The highest BCUT2D eigenvalue weighted by molar-refractivity contribution is 5.26. The lowest BCUT2D eigenvalue weighted by molar-refractivity contribution is 0.117. The number of aromatic nitrogens is 2. The number of phenolic OH excluding ortho intramolecular Hbond substituents is 1. The Kier molecular flexibility index (Phi) is 4.52. The molecule has 0 unspecified atom stereocenters. The van der Waals surface area contributed by atoms with Crippen LogP contribution in [0, 0.1) is 0 Å². The molecule has 2 aromatic rings. The van der Waals surface area contributed by atoms with Gasteiger partial charge in [0.2, 0.25) is 5.89 Å². The summed E-state index contributed by atoms with van der Waals surface area (Å²) in [7, 11) is 0. The van der Waals surface area contributed by atoms with Crippen LogP contribution < -0.4 is 0 Å². The zero-order chi connectivity index (χ0) is 16.4. The van der Waals surface area contributed by atoms with E-state index in [1.54, 1.807) is 12.1 Å². The summed E-state index contributed by atoms with van der Waals surface area (Å²) < 4.78 is 5.46. The van der Waals surface area contributed by atoms with Crippen molar-refractivity contribution in [3.63, 3.8) is 0 Å². The maximum Gasteiger partial charge on any atom is 0.240 e. The van der Waals surface area contributed by atoms with Crippen LogP contribution in [0.1, 0.15) is 61.7 Å². The van der Waals surface area contributed by atoms with Crippen LogP contribution in [-0.2, 0) is 13.0 Å². The van der Waals surface area contributed by atoms with Crippen molar-refractivity contribution in [3.8, 4) is 5.75 Å². The first-order chi connectivity index (χ1) is 11.8. The number of benzene rings is 1. The minimum absolute atomic E-state index is 0.334. The fourth-order valence-corrected chi connectivity index (χ4v) is 3.60. The van der Waals surface area contributed by atoms with Crippen LogP contribution in [0.15, 0.2) is 28.8 Å². The van der Waals surface area contributed by atoms with Crippen molar-refractivity contribution in [3.05, 3.63) is 41.5 Å². The molecule has 5 heteroatoms. The summed E-state index contributed by atoms with van der Waals surface area (Å²) in [5.41, 5.74) is 1.28. The van der Waals surface area contributed by atoms with E-state index in [-0.39, 0.29) is 0 Å². The number of nitrogens with zero attached hydrogens (tertiary/aromatic N) is 3. The van der Waals surface area contributed by atoms with Gasteiger partial charge >= 0.3 is 0 Å². The van der Waals surface area contributed by atoms with Crippen LogP contribution in [0.3, 0.4) is 0 Å². The second-order valence-corrected chi connectivity index (χ2v) is 7.15. The first-order valence-electron chi connectivity index (χ1n) is 9.12. The molecule has 0 radical (unpaired) electrons. The predicted molar refractivity (Wildman–Crippen MR) is 90.7 cm³/mol. The van der Waals surface area contributed by atoms with Gasteiger partial charge in [0.1, 0.15) is 5.75 Å². The average molecular weight is 327 g/mol. The Bertz CT molecular complexity index is 664. The molecule has 1 N–H and O–H groups in total. The summed E-state index contributed by atoms with van der Waals surface area (Å²) in [5, 5.41) is 13.5. The molecule has 128 valence electrons. The standard InChI is InChI=1S/C19H25N3O2/c23-17-10-5-14(6-11-17)4-9-16-3-1-2-12-22(16)13-18-20-19(21-24-18)15-7-8-15/h5-6,10-11,15-16,23H,1-4,7-9,12-13H2/t16-/m0/s1. The Morgan fingerprint density at radius 3 is 2.75 bits per heavy atom. The fourth-order valence-electron chi connectivity index (χ4n) is 3.60. The molecule has 1 saturated carbocycles. The van der Waals surface area contributed by atoms with Gasteiger partial charge in [-0.25, -0.2) is 0 Å². The lowest BCUT2D eigenvalue weighted by atomic mass is 9.96. The first-order valence-corrected chi connectivity index (χ1v) is 9.12. The van der Waals surface area contributed by atoms with E-state index in [1.807, 2.05) is 12.1 Å². The number of hydrogen-bond acceptors (Lipinski definition) is 5. The van der Waals surface area contributed by atoms with E-state index in [0.29, 0.717) is 17.7 Å². The molecular weight excluding hydrogens is 302 g/mol. The zero-order valence-electron chi connectivity index (χ0n) is 14.0. The fraction of sp³-hybridized carbons (Fsp3) is 0.579. The van der Waals surface area contributed by atoms with Crippen LogP contribution in [0.2, 0.25) is 0 Å². The van der Waals surface area contributed by atoms with Gasteiger partial charge in [-0.05, 0) is 62.8 Å². The van der Waals surface area contributed by atoms with Crippen LogP contribution in [-0.4, -0.2) is 32.7 Å². The minimum Gasteiger partial charge on any atom is -0.508 e. The molecule has 1 atom stereocenters. The Morgan fingerprint density at radius 2 is 1.96 bits per heavy atom. The second kappa shape index (κ2) is 6.93. The summed E-state index contributed by atoms with van der Waals surface area (Å²) >= 11 is 0. The molecule has 1 aromatic heterocycles. The topological polar surface area (TPSA) is 62.4 Å². The molecule has 2 heterocycles. The van der Waals surface area contributed by atoms with Crippen molar-refractivity contribution in [2.24, 2.45) is 0 Å². The number of aryl methyl sites for hydroxylation is 1. The quantitative estimate of drug-likeness (QED) is 0.877. The molecular formula is C19H25N3O2. The van der Waals surface area contributed by atoms with E-state index in [4.69, 9.17) is 4.52 Å². The van der Waals surface area contributed by atoms with Crippen LogP contribution in [0.25, 0.3) is 0 Å². The van der Waals surface area contributed by atoms with Crippen molar-refractivity contribution in [2.45, 2.75) is 63.5 Å². The third kappa shape index (κ3) is 3.78. The summed E-state index contributed by atoms with van der Waals surface area (Å²) in [5.74, 6) is 2.56. The van der Waals surface area contributed by atoms with Gasteiger partial charge in [-0.15, -0.1) is 0 Å². The van der Waals surface area contributed by atoms with Gasteiger partial charge in [-0.3, -0.25) is 4.90 Å². The smallest absolute Gasteiger partial charge is 0.240 e. The first kappa shape index (κ1) is 15.6. The highest BCUT2D eigenvalue weighted by atomic mass is 16.5. The highest BCUT2D eigenvalue weighted by Crippen LogP contribution is 2.38. The maximum absolute atomic E-state index is 9.39. The number of piperidine rings is 1. The highest BCUT2D eigenvalue weighted by Gasteiger charge is 2.30. The van der Waals surface area contributed by atoms with Gasteiger partial charge in [0.15, 0.2) is 5.82 Å². The van der Waals surface area contributed by atoms with Gasteiger partial charge in [0.05, 0.1) is 6.54 Å². The lowest BCUT2D eigenvalue weighted by Gasteiger charge is -2.34. The van der Waals surface area contributed by atoms with Crippen molar-refractivity contribution in [1.82, 2.24) is 15.0 Å². The van der Waals surface area contributed by atoms with Crippen molar-refractivity contribution < 1.29 is 9.63 Å². The normalized spacial score (nSPS) is 21.9. The van der Waals surface area contributed by atoms with E-state index in [0.717, 1.165) is 37.6 Å². The van der Waals surface area contributed by atoms with Gasteiger partial charge < -0.3 is 9.63 Å². The molecule has 1 aliphatic heterocycles. The van der Waals surface area contributed by atoms with Crippen LogP contribution in [0.4, 0.5) is 0 Å². The molecule has 5 nitrogen and oxygen atoms in total. The van der Waals surface area contributed by atoms with E-state index < -0.39 is 0 Å². The summed E-state index contributed by atoms with van der Waals surface area (Å²) in [6.45, 7) is 1.89. The summed E-state index contributed by atoms with van der Waals surface area (Å²) in [6, 6.07) is 8.14. The van der Waals surface area contributed by atoms with E-state index >= 15 is 0 Å². The number of aromatic hydroxyl groups is 1. The SMILES string of the molecule is Oc1ccc(CC[C@@H]2CCCCN2Cc2nc(C3CC3)no2)cc1. The molecule has 1 aromatic carbocycles. The number of rotatable bonds is 6. The molecule has 0 amide bonds. The van der Waals surface area contributed by atoms with Crippen LogP contribution >= 0.6 is 0 Å². The Morgan fingerprint density at radius 1 is 1.12 bits per heavy atom. The van der Waals surface area contributed by atoms with Gasteiger partial charge in [0.25, 0.3) is 0 Å². The summed E-state index contributed by atoms with van der Waals surface area (Å²) in [4.78, 5) is 7.09. The van der Waals surface area contributed by atoms with Crippen molar-refractivity contribution in [2.75, 3.05) is 6.54 Å². The second-order valence-electron chi connectivity index (χ2n) is 7.15. The van der Waals surface area contributed by atoms with E-state index in [2.05, 4.69) is 15.0 Å². The summed E-state index contributed by atoms with van der Waals surface area (Å²) in [6.07, 6.45) is 8.37. The third-order valence-electron chi connectivity index (χ3n) is 5.22. The molecule has 0 spiro atoms. The Hall–Kier alpha value is -1.88. The minimum atomic E-state index is 0.334. The maximum atomic E-state index is 9.39. The molecule has 24 heavy (non-hydrogen) atoms. The lowest BCUT2D eigenvalue weighted by Crippen LogP contribution is -2.39. The zero-order valence-corrected chi connectivity index (χ0v) is 14.0. The third-order valence-corrected chi connectivity index (χ3v) is 5.22. The van der Waals surface area contributed by atoms with Gasteiger partial charge in [-0.2, -0.15) is 4.98 Å². The predicted octanol–water partition coefficient (Wildman–Crippen LogP) is 3.64. The number of likely N-dealkylation sites (tertiary alicyclic amines) is 1. The van der Waals surface area contributed by atoms with Crippen LogP contribution in [0.5, 0.6) is 5.75 Å². The van der Waals surface area contributed by atoms with Gasteiger partial charge in [-0.1, -0.05) is 23.7 Å². The number of hydrogen-bond donors (Lipinski definition) is 1. The molecule has 4 rings (SSSR count). The van der Waals surface area contributed by atoms with E-state index in [9.17, 15) is 5.11 Å². The van der Waals surface area contributed by atoms with Crippen molar-refractivity contribution >= 4 is 0 Å². The molecule has 1 saturated heterocycles. The van der Waals surface area contributed by atoms with E-state index in [1.165, 1.54) is 37.7 Å².